The number of benzene rings is 1. The smallest absolute Gasteiger partial charge is 0.0772 e. The van der Waals surface area contributed by atoms with Gasteiger partial charge >= 0.3 is 0 Å². The van der Waals surface area contributed by atoms with Gasteiger partial charge in [-0.2, -0.15) is 0 Å². The minimum atomic E-state index is 0.559. The van der Waals surface area contributed by atoms with Gasteiger partial charge in [-0.15, -0.1) is 11.3 Å². The molecule has 168 valence electrons. The molecule has 2 aliphatic rings. The van der Waals surface area contributed by atoms with Gasteiger partial charge in [0.1, 0.15) is 0 Å². The summed E-state index contributed by atoms with van der Waals surface area (Å²) in [5, 5.41) is 0. The van der Waals surface area contributed by atoms with E-state index in [1.54, 1.807) is 7.11 Å². The lowest BCUT2D eigenvalue weighted by molar-refractivity contribution is 0.0701. The van der Waals surface area contributed by atoms with Crippen molar-refractivity contribution in [2.24, 2.45) is 4.99 Å². The Hall–Kier alpha value is -1.18. The average molecular weight is 458 g/mol. The SMILES string of the molecule is COCC[C@H]1CN(CCCC2=Nc3ccccc3Sc3sc(C(C)C)cc32)CCN1C. The second-order valence-electron chi connectivity index (χ2n) is 8.95. The molecule has 0 bridgehead atoms. The number of likely N-dealkylation sites (N-methyl/N-ethyl adjacent to an activating group) is 1. The molecule has 1 atom stereocenters. The minimum absolute atomic E-state index is 0.559. The predicted molar refractivity (Wildman–Crippen MR) is 134 cm³/mol. The zero-order chi connectivity index (χ0) is 21.8. The molecule has 0 aliphatic carbocycles. The molecule has 0 spiro atoms. The molecule has 1 aromatic carbocycles. The number of fused-ring (bicyclic) bond motifs is 2. The van der Waals surface area contributed by atoms with Crippen LogP contribution in [0.3, 0.4) is 0 Å². The molecule has 1 aromatic heterocycles. The number of rotatable bonds is 8. The third-order valence-electron chi connectivity index (χ3n) is 6.32. The number of aliphatic imine (C=N–C) groups is 1. The molecule has 4 nitrogen and oxygen atoms in total. The summed E-state index contributed by atoms with van der Waals surface area (Å²) in [7, 11) is 4.05. The Morgan fingerprint density at radius 1 is 1.23 bits per heavy atom. The van der Waals surface area contributed by atoms with Crippen LogP contribution in [-0.2, 0) is 4.74 Å². The van der Waals surface area contributed by atoms with Crippen LogP contribution >= 0.6 is 23.1 Å². The highest BCUT2D eigenvalue weighted by molar-refractivity contribution is 8.01. The van der Waals surface area contributed by atoms with E-state index >= 15 is 0 Å². The lowest BCUT2D eigenvalue weighted by Crippen LogP contribution is -2.51. The summed E-state index contributed by atoms with van der Waals surface area (Å²) in [5.74, 6) is 0.559. The topological polar surface area (TPSA) is 28.1 Å². The fourth-order valence-corrected chi connectivity index (χ4v) is 6.82. The van der Waals surface area contributed by atoms with Gasteiger partial charge < -0.3 is 14.5 Å². The highest BCUT2D eigenvalue weighted by atomic mass is 32.2. The quantitative estimate of drug-likeness (QED) is 0.494. The van der Waals surface area contributed by atoms with Crippen molar-refractivity contribution >= 4 is 34.5 Å². The molecule has 0 radical (unpaired) electrons. The van der Waals surface area contributed by atoms with E-state index in [2.05, 4.69) is 61.0 Å². The predicted octanol–water partition coefficient (Wildman–Crippen LogP) is 5.89. The van der Waals surface area contributed by atoms with Crippen LogP contribution in [0.4, 0.5) is 5.69 Å². The molecule has 2 aliphatic heterocycles. The fraction of sp³-hybridized carbons (Fsp3) is 0.560. The first-order valence-corrected chi connectivity index (χ1v) is 13.1. The third-order valence-corrected chi connectivity index (χ3v) is 9.03. The van der Waals surface area contributed by atoms with Crippen LogP contribution in [0.15, 0.2) is 44.4 Å². The monoisotopic (exact) mass is 457 g/mol. The normalized spacial score (nSPS) is 19.8. The molecule has 6 heteroatoms. The van der Waals surface area contributed by atoms with Gasteiger partial charge in [-0.25, -0.2) is 0 Å². The van der Waals surface area contributed by atoms with Crippen LogP contribution in [0, 0.1) is 0 Å². The third kappa shape index (κ3) is 5.60. The second kappa shape index (κ2) is 10.6. The zero-order valence-corrected chi connectivity index (χ0v) is 20.9. The summed E-state index contributed by atoms with van der Waals surface area (Å²) in [6.45, 7) is 10.0. The van der Waals surface area contributed by atoms with Crippen molar-refractivity contribution in [3.8, 4) is 0 Å². The van der Waals surface area contributed by atoms with Crippen LogP contribution in [0.1, 0.15) is 49.5 Å². The van der Waals surface area contributed by atoms with Crippen molar-refractivity contribution < 1.29 is 4.74 Å². The number of piperazine rings is 1. The molecule has 2 aromatic rings. The second-order valence-corrected chi connectivity index (χ2v) is 11.3. The molecule has 0 amide bonds. The molecule has 1 fully saturated rings. The Morgan fingerprint density at radius 2 is 2.06 bits per heavy atom. The molecule has 31 heavy (non-hydrogen) atoms. The summed E-state index contributed by atoms with van der Waals surface area (Å²) < 4.78 is 6.73. The van der Waals surface area contributed by atoms with Crippen molar-refractivity contribution in [2.75, 3.05) is 46.9 Å². The summed E-state index contributed by atoms with van der Waals surface area (Å²) in [6, 6.07) is 11.6. The van der Waals surface area contributed by atoms with E-state index < -0.39 is 0 Å². The van der Waals surface area contributed by atoms with Crippen molar-refractivity contribution in [2.45, 2.75) is 54.2 Å². The standard InChI is InChI=1S/C25H35N3OS2/c1-18(2)24-16-20-21(26-22-8-5-6-10-23(22)30-25(20)31-24)9-7-12-28-14-13-27(3)19(17-28)11-15-29-4/h5-6,8,10,16,18-19H,7,9,11-15,17H2,1-4H3/t19-/m0/s1. The number of hydrogen-bond acceptors (Lipinski definition) is 6. The Labute approximate surface area is 195 Å². The number of nitrogens with zero attached hydrogens (tertiary/aromatic N) is 3. The van der Waals surface area contributed by atoms with Gasteiger partial charge in [0.2, 0.25) is 0 Å². The number of methoxy groups -OCH3 is 1. The van der Waals surface area contributed by atoms with E-state index in [1.807, 2.05) is 23.1 Å². The molecule has 3 heterocycles. The molecule has 0 saturated carbocycles. The van der Waals surface area contributed by atoms with Gasteiger partial charge in [0.25, 0.3) is 0 Å². The van der Waals surface area contributed by atoms with Crippen LogP contribution in [0.5, 0.6) is 0 Å². The Bertz CT molecular complexity index is 908. The summed E-state index contributed by atoms with van der Waals surface area (Å²) in [4.78, 5) is 13.0. The van der Waals surface area contributed by atoms with Crippen molar-refractivity contribution in [3.63, 3.8) is 0 Å². The highest BCUT2D eigenvalue weighted by Gasteiger charge is 2.25. The summed E-state index contributed by atoms with van der Waals surface area (Å²) in [6.07, 6.45) is 3.30. The highest BCUT2D eigenvalue weighted by Crippen LogP contribution is 2.45. The van der Waals surface area contributed by atoms with E-state index in [-0.39, 0.29) is 0 Å². The van der Waals surface area contributed by atoms with Crippen LogP contribution in [0.2, 0.25) is 0 Å². The summed E-state index contributed by atoms with van der Waals surface area (Å²) in [5.41, 5.74) is 3.75. The van der Waals surface area contributed by atoms with E-state index in [9.17, 15) is 0 Å². The number of thiophene rings is 1. The van der Waals surface area contributed by atoms with E-state index in [4.69, 9.17) is 9.73 Å². The van der Waals surface area contributed by atoms with Crippen molar-refractivity contribution in [1.29, 1.82) is 0 Å². The number of para-hydroxylation sites is 1. The zero-order valence-electron chi connectivity index (χ0n) is 19.3. The van der Waals surface area contributed by atoms with Crippen molar-refractivity contribution in [3.05, 3.63) is 40.8 Å². The number of ether oxygens (including phenoxy) is 1. The first-order chi connectivity index (χ1) is 15.0. The van der Waals surface area contributed by atoms with Gasteiger partial charge in [0.05, 0.1) is 15.6 Å². The first-order valence-electron chi connectivity index (χ1n) is 11.4. The molecule has 1 saturated heterocycles. The maximum absolute atomic E-state index is 5.32. The van der Waals surface area contributed by atoms with Gasteiger partial charge in [0, 0.05) is 54.7 Å². The molecule has 0 unspecified atom stereocenters. The van der Waals surface area contributed by atoms with Crippen LogP contribution < -0.4 is 0 Å². The molecule has 4 rings (SSSR count). The van der Waals surface area contributed by atoms with E-state index in [1.165, 1.54) is 25.3 Å². The van der Waals surface area contributed by atoms with E-state index in [0.717, 1.165) is 57.7 Å². The van der Waals surface area contributed by atoms with Crippen LogP contribution in [0.25, 0.3) is 0 Å². The average Bonchev–Trinajstić information content (AvgIpc) is 3.12. The molecular weight excluding hydrogens is 422 g/mol. The lowest BCUT2D eigenvalue weighted by Gasteiger charge is -2.39. The maximum Gasteiger partial charge on any atom is 0.0772 e. The van der Waals surface area contributed by atoms with Gasteiger partial charge in [0.15, 0.2) is 0 Å². The van der Waals surface area contributed by atoms with Gasteiger partial charge in [-0.05, 0) is 57.0 Å². The minimum Gasteiger partial charge on any atom is -0.385 e. The number of hydrogen-bond donors (Lipinski definition) is 0. The Balaban J connectivity index is 1.45. The largest absolute Gasteiger partial charge is 0.385 e. The van der Waals surface area contributed by atoms with Gasteiger partial charge in [-0.3, -0.25) is 4.99 Å². The maximum atomic E-state index is 5.32. The summed E-state index contributed by atoms with van der Waals surface area (Å²) >= 11 is 3.84. The van der Waals surface area contributed by atoms with E-state index in [0.29, 0.717) is 12.0 Å². The Morgan fingerprint density at radius 3 is 2.87 bits per heavy atom. The molecular formula is C25H35N3OS2. The lowest BCUT2D eigenvalue weighted by atomic mass is 10.0. The van der Waals surface area contributed by atoms with Crippen LogP contribution in [-0.4, -0.2) is 68.5 Å². The Kier molecular flexibility index (Phi) is 7.88. The van der Waals surface area contributed by atoms with Gasteiger partial charge in [-0.1, -0.05) is 37.7 Å². The fourth-order valence-electron chi connectivity index (χ4n) is 4.34. The first kappa shape index (κ1) is 23.0. The van der Waals surface area contributed by atoms with Crippen molar-refractivity contribution in [1.82, 2.24) is 9.80 Å². The molecule has 0 N–H and O–H groups in total.